The standard InChI is InChI=1S/C19H18N2O4/c1-24-17-8-7-15(9-14(17)11-22)20-18(23)10-16-12-25-19(21-16)13-5-3-2-4-6-13/h2-9,12,22H,10-11H2,1H3,(H,20,23). The molecular weight excluding hydrogens is 320 g/mol. The summed E-state index contributed by atoms with van der Waals surface area (Å²) in [5.74, 6) is 0.835. The molecule has 0 saturated heterocycles. The van der Waals surface area contributed by atoms with Crippen LogP contribution in [0.5, 0.6) is 5.75 Å². The lowest BCUT2D eigenvalue weighted by Crippen LogP contribution is -2.14. The number of carbonyl (C=O) groups is 1. The third kappa shape index (κ3) is 4.05. The first-order valence-electron chi connectivity index (χ1n) is 7.77. The Morgan fingerprint density at radius 2 is 2.04 bits per heavy atom. The fraction of sp³-hybridized carbons (Fsp3) is 0.158. The molecule has 0 saturated carbocycles. The lowest BCUT2D eigenvalue weighted by atomic mass is 10.2. The molecule has 0 radical (unpaired) electrons. The summed E-state index contributed by atoms with van der Waals surface area (Å²) in [4.78, 5) is 16.5. The zero-order valence-electron chi connectivity index (χ0n) is 13.7. The van der Waals surface area contributed by atoms with Gasteiger partial charge in [-0.2, -0.15) is 0 Å². The first-order valence-corrected chi connectivity index (χ1v) is 7.77. The molecule has 25 heavy (non-hydrogen) atoms. The maximum atomic E-state index is 12.2. The molecule has 6 heteroatoms. The van der Waals surface area contributed by atoms with E-state index in [1.165, 1.54) is 13.4 Å². The summed E-state index contributed by atoms with van der Waals surface area (Å²) in [6.45, 7) is -0.170. The number of anilines is 1. The van der Waals surface area contributed by atoms with Crippen LogP contribution in [0.4, 0.5) is 5.69 Å². The van der Waals surface area contributed by atoms with Crippen molar-refractivity contribution < 1.29 is 19.1 Å². The van der Waals surface area contributed by atoms with Gasteiger partial charge in [-0.25, -0.2) is 4.98 Å². The Hall–Kier alpha value is -3.12. The van der Waals surface area contributed by atoms with Crippen molar-refractivity contribution in [2.75, 3.05) is 12.4 Å². The summed E-state index contributed by atoms with van der Waals surface area (Å²) in [5, 5.41) is 12.1. The number of benzene rings is 2. The topological polar surface area (TPSA) is 84.6 Å². The number of aliphatic hydroxyl groups excluding tert-OH is 1. The number of amides is 1. The van der Waals surface area contributed by atoms with Gasteiger partial charge in [0.1, 0.15) is 12.0 Å². The number of nitrogens with one attached hydrogen (secondary N) is 1. The third-order valence-electron chi connectivity index (χ3n) is 3.65. The minimum atomic E-state index is -0.220. The van der Waals surface area contributed by atoms with Gasteiger partial charge in [-0.3, -0.25) is 4.79 Å². The van der Waals surface area contributed by atoms with Crippen LogP contribution in [0.3, 0.4) is 0 Å². The van der Waals surface area contributed by atoms with Crippen LogP contribution in [-0.4, -0.2) is 23.1 Å². The summed E-state index contributed by atoms with van der Waals surface area (Å²) in [5.41, 5.74) is 2.60. The monoisotopic (exact) mass is 338 g/mol. The molecule has 0 aliphatic carbocycles. The van der Waals surface area contributed by atoms with E-state index in [9.17, 15) is 9.90 Å². The van der Waals surface area contributed by atoms with Crippen LogP contribution >= 0.6 is 0 Å². The first-order chi connectivity index (χ1) is 12.2. The van der Waals surface area contributed by atoms with E-state index in [2.05, 4.69) is 10.3 Å². The van der Waals surface area contributed by atoms with Crippen molar-refractivity contribution in [1.29, 1.82) is 0 Å². The quantitative estimate of drug-likeness (QED) is 0.722. The molecule has 0 aliphatic rings. The van der Waals surface area contributed by atoms with Crippen LogP contribution in [0.25, 0.3) is 11.5 Å². The second-order valence-electron chi connectivity index (χ2n) is 5.42. The average molecular weight is 338 g/mol. The number of carbonyl (C=O) groups excluding carboxylic acids is 1. The van der Waals surface area contributed by atoms with Crippen molar-refractivity contribution in [2.24, 2.45) is 0 Å². The number of rotatable bonds is 6. The summed E-state index contributed by atoms with van der Waals surface area (Å²) in [6, 6.07) is 14.6. The predicted octanol–water partition coefficient (Wildman–Crippen LogP) is 3.02. The number of hydrogen-bond donors (Lipinski definition) is 2. The van der Waals surface area contributed by atoms with Gasteiger partial charge in [0.25, 0.3) is 0 Å². The molecule has 2 aromatic carbocycles. The fourth-order valence-corrected chi connectivity index (χ4v) is 2.45. The van der Waals surface area contributed by atoms with Crippen LogP contribution < -0.4 is 10.1 Å². The third-order valence-corrected chi connectivity index (χ3v) is 3.65. The van der Waals surface area contributed by atoms with Gasteiger partial charge in [0, 0.05) is 16.8 Å². The molecular formula is C19H18N2O4. The molecule has 128 valence electrons. The minimum absolute atomic E-state index is 0.0941. The van der Waals surface area contributed by atoms with Crippen molar-refractivity contribution >= 4 is 11.6 Å². The number of aromatic nitrogens is 1. The maximum absolute atomic E-state index is 12.2. The van der Waals surface area contributed by atoms with Crippen molar-refractivity contribution in [1.82, 2.24) is 4.98 Å². The zero-order valence-corrected chi connectivity index (χ0v) is 13.7. The molecule has 3 aromatic rings. The summed E-state index contributed by atoms with van der Waals surface area (Å²) in [6.07, 6.45) is 1.58. The van der Waals surface area contributed by atoms with Crippen molar-refractivity contribution in [2.45, 2.75) is 13.0 Å². The Morgan fingerprint density at radius 1 is 1.24 bits per heavy atom. The largest absolute Gasteiger partial charge is 0.496 e. The zero-order chi connectivity index (χ0) is 17.6. The van der Waals surface area contributed by atoms with Gasteiger partial charge in [0.2, 0.25) is 11.8 Å². The van der Waals surface area contributed by atoms with E-state index in [1.54, 1.807) is 18.2 Å². The van der Waals surface area contributed by atoms with E-state index in [1.807, 2.05) is 30.3 Å². The summed E-state index contributed by atoms with van der Waals surface area (Å²) >= 11 is 0. The Morgan fingerprint density at radius 3 is 2.76 bits per heavy atom. The van der Waals surface area contributed by atoms with Gasteiger partial charge in [-0.15, -0.1) is 0 Å². The maximum Gasteiger partial charge on any atom is 0.230 e. The number of ether oxygens (including phenoxy) is 1. The van der Waals surface area contributed by atoms with E-state index in [0.717, 1.165) is 5.56 Å². The highest BCUT2D eigenvalue weighted by Gasteiger charge is 2.11. The number of oxazole rings is 1. The normalized spacial score (nSPS) is 10.5. The molecule has 0 unspecified atom stereocenters. The molecule has 0 bridgehead atoms. The lowest BCUT2D eigenvalue weighted by molar-refractivity contribution is -0.115. The highest BCUT2D eigenvalue weighted by atomic mass is 16.5. The second-order valence-corrected chi connectivity index (χ2v) is 5.42. The van der Waals surface area contributed by atoms with Crippen LogP contribution in [0.1, 0.15) is 11.3 Å². The Balaban J connectivity index is 1.66. The van der Waals surface area contributed by atoms with E-state index < -0.39 is 0 Å². The number of hydrogen-bond acceptors (Lipinski definition) is 5. The van der Waals surface area contributed by atoms with Gasteiger partial charge < -0.3 is 19.6 Å². The minimum Gasteiger partial charge on any atom is -0.496 e. The van der Waals surface area contributed by atoms with Gasteiger partial charge in [0.15, 0.2) is 0 Å². The summed E-state index contributed by atoms with van der Waals surface area (Å²) in [7, 11) is 1.53. The van der Waals surface area contributed by atoms with Crippen molar-refractivity contribution in [3.05, 3.63) is 66.1 Å². The molecule has 2 N–H and O–H groups in total. The van der Waals surface area contributed by atoms with E-state index in [4.69, 9.17) is 9.15 Å². The number of nitrogens with zero attached hydrogens (tertiary/aromatic N) is 1. The van der Waals surface area contributed by atoms with Crippen LogP contribution in [0.2, 0.25) is 0 Å². The molecule has 0 atom stereocenters. The molecule has 1 aromatic heterocycles. The Labute approximate surface area is 145 Å². The van der Waals surface area contributed by atoms with Gasteiger partial charge >= 0.3 is 0 Å². The van der Waals surface area contributed by atoms with E-state index >= 15 is 0 Å². The first kappa shape index (κ1) is 16.7. The average Bonchev–Trinajstić information content (AvgIpc) is 3.10. The Kier molecular flexibility index (Phi) is 5.11. The van der Waals surface area contributed by atoms with Gasteiger partial charge in [-0.1, -0.05) is 18.2 Å². The van der Waals surface area contributed by atoms with Gasteiger partial charge in [-0.05, 0) is 30.3 Å². The van der Waals surface area contributed by atoms with Crippen LogP contribution in [-0.2, 0) is 17.8 Å². The molecule has 0 spiro atoms. The van der Waals surface area contributed by atoms with E-state index in [-0.39, 0.29) is 18.9 Å². The molecule has 1 amide bonds. The molecule has 0 aliphatic heterocycles. The molecule has 0 fully saturated rings. The number of methoxy groups -OCH3 is 1. The molecule has 6 nitrogen and oxygen atoms in total. The van der Waals surface area contributed by atoms with E-state index in [0.29, 0.717) is 28.6 Å². The predicted molar refractivity (Wildman–Crippen MR) is 93.2 cm³/mol. The second kappa shape index (κ2) is 7.63. The van der Waals surface area contributed by atoms with Crippen molar-refractivity contribution in [3.63, 3.8) is 0 Å². The van der Waals surface area contributed by atoms with Gasteiger partial charge in [0.05, 0.1) is 25.8 Å². The highest BCUT2D eigenvalue weighted by molar-refractivity contribution is 5.92. The lowest BCUT2D eigenvalue weighted by Gasteiger charge is -2.09. The number of aliphatic hydroxyl groups is 1. The SMILES string of the molecule is COc1ccc(NC(=O)Cc2coc(-c3ccccc3)n2)cc1CO. The fourth-order valence-electron chi connectivity index (χ4n) is 2.45. The van der Waals surface area contributed by atoms with Crippen LogP contribution in [0.15, 0.2) is 59.2 Å². The summed E-state index contributed by atoms with van der Waals surface area (Å²) < 4.78 is 10.6. The molecule has 3 rings (SSSR count). The highest BCUT2D eigenvalue weighted by Crippen LogP contribution is 2.23. The van der Waals surface area contributed by atoms with Crippen molar-refractivity contribution in [3.8, 4) is 17.2 Å². The molecule has 1 heterocycles. The van der Waals surface area contributed by atoms with Crippen LogP contribution in [0, 0.1) is 0 Å². The Bertz CT molecular complexity index is 859. The smallest absolute Gasteiger partial charge is 0.230 e.